The standard InChI is InChI=1S/C20H21N3O3S/c24-20(22-15-6-2-1-3-7-15)14-10-12-16(13-11-14)21-19-17-8-4-5-9-18(17)27(25,26)23-19/h4-5,8-13,15H,1-3,6-7H2,(H,21,23)(H,22,24). The summed E-state index contributed by atoms with van der Waals surface area (Å²) < 4.78 is 28.0. The van der Waals surface area contributed by atoms with E-state index in [0.29, 0.717) is 22.6 Å². The SMILES string of the molecule is O=C(NC1CCCCC1)c1ccc(NC2=NS(=O)(=O)c3ccccc32)cc1. The van der Waals surface area contributed by atoms with Gasteiger partial charge in [0.2, 0.25) is 0 Å². The average Bonchev–Trinajstić information content (AvgIpc) is 2.94. The molecule has 1 fully saturated rings. The molecule has 0 bridgehead atoms. The van der Waals surface area contributed by atoms with Gasteiger partial charge in [0, 0.05) is 22.9 Å². The van der Waals surface area contributed by atoms with Crippen LogP contribution >= 0.6 is 0 Å². The van der Waals surface area contributed by atoms with Crippen molar-refractivity contribution >= 4 is 27.5 Å². The first kappa shape index (κ1) is 17.7. The van der Waals surface area contributed by atoms with E-state index in [4.69, 9.17) is 0 Å². The Morgan fingerprint density at radius 1 is 0.963 bits per heavy atom. The summed E-state index contributed by atoms with van der Waals surface area (Å²) in [6.07, 6.45) is 5.66. The van der Waals surface area contributed by atoms with Crippen molar-refractivity contribution in [3.63, 3.8) is 0 Å². The van der Waals surface area contributed by atoms with E-state index in [0.717, 1.165) is 12.8 Å². The molecule has 1 saturated carbocycles. The Bertz CT molecular complexity index is 991. The number of hydrogen-bond donors (Lipinski definition) is 2. The summed E-state index contributed by atoms with van der Waals surface area (Å²) in [5, 5.41) is 6.13. The Hall–Kier alpha value is -2.67. The lowest BCUT2D eigenvalue weighted by molar-refractivity contribution is 0.0927. The van der Waals surface area contributed by atoms with Crippen LogP contribution in [0.15, 0.2) is 57.8 Å². The summed E-state index contributed by atoms with van der Waals surface area (Å²) in [5.74, 6) is 0.226. The molecular formula is C20H21N3O3S. The minimum absolute atomic E-state index is 0.0698. The molecule has 1 heterocycles. The number of hydrogen-bond acceptors (Lipinski definition) is 4. The van der Waals surface area contributed by atoms with Crippen LogP contribution in [0.25, 0.3) is 0 Å². The van der Waals surface area contributed by atoms with Gasteiger partial charge >= 0.3 is 0 Å². The second kappa shape index (κ2) is 7.15. The molecule has 2 aromatic carbocycles. The lowest BCUT2D eigenvalue weighted by atomic mass is 9.95. The average molecular weight is 383 g/mol. The van der Waals surface area contributed by atoms with Gasteiger partial charge in [-0.3, -0.25) is 4.79 Å². The molecule has 0 spiro atoms. The molecule has 2 aromatic rings. The minimum atomic E-state index is -3.65. The van der Waals surface area contributed by atoms with Gasteiger partial charge in [-0.05, 0) is 49.2 Å². The molecule has 4 rings (SSSR count). The largest absolute Gasteiger partial charge is 0.349 e. The van der Waals surface area contributed by atoms with Gasteiger partial charge in [0.1, 0.15) is 4.90 Å². The molecular weight excluding hydrogens is 362 g/mol. The zero-order valence-corrected chi connectivity index (χ0v) is 15.6. The lowest BCUT2D eigenvalue weighted by Crippen LogP contribution is -2.36. The summed E-state index contributed by atoms with van der Waals surface area (Å²) in [7, 11) is -3.65. The second-order valence-electron chi connectivity index (χ2n) is 6.92. The number of sulfonamides is 1. The predicted molar refractivity (Wildman–Crippen MR) is 105 cm³/mol. The number of rotatable bonds is 3. The van der Waals surface area contributed by atoms with Crippen molar-refractivity contribution in [1.29, 1.82) is 0 Å². The van der Waals surface area contributed by atoms with Crippen molar-refractivity contribution in [2.75, 3.05) is 5.32 Å². The molecule has 140 valence electrons. The molecule has 6 nitrogen and oxygen atoms in total. The topological polar surface area (TPSA) is 87.6 Å². The third-order valence-corrected chi connectivity index (χ3v) is 6.32. The van der Waals surface area contributed by atoms with Gasteiger partial charge < -0.3 is 10.6 Å². The van der Waals surface area contributed by atoms with Crippen molar-refractivity contribution in [2.45, 2.75) is 43.0 Å². The fourth-order valence-electron chi connectivity index (χ4n) is 3.55. The first-order valence-electron chi connectivity index (χ1n) is 9.15. The number of nitrogens with zero attached hydrogens (tertiary/aromatic N) is 1. The van der Waals surface area contributed by atoms with Crippen LogP contribution in [-0.2, 0) is 10.0 Å². The molecule has 27 heavy (non-hydrogen) atoms. The van der Waals surface area contributed by atoms with E-state index in [-0.39, 0.29) is 16.8 Å². The van der Waals surface area contributed by atoms with E-state index in [2.05, 4.69) is 15.0 Å². The summed E-state index contributed by atoms with van der Waals surface area (Å²) in [6, 6.07) is 14.0. The molecule has 0 unspecified atom stereocenters. The Morgan fingerprint density at radius 2 is 1.67 bits per heavy atom. The van der Waals surface area contributed by atoms with E-state index in [1.54, 1.807) is 48.5 Å². The van der Waals surface area contributed by atoms with Gasteiger partial charge in [-0.1, -0.05) is 31.4 Å². The van der Waals surface area contributed by atoms with Gasteiger partial charge in [0.15, 0.2) is 5.84 Å². The van der Waals surface area contributed by atoms with Crippen LogP contribution in [0.5, 0.6) is 0 Å². The molecule has 2 aliphatic rings. The highest BCUT2D eigenvalue weighted by Crippen LogP contribution is 2.26. The maximum absolute atomic E-state index is 12.4. The number of carbonyl (C=O) groups excluding carboxylic acids is 1. The molecule has 0 atom stereocenters. The highest BCUT2D eigenvalue weighted by molar-refractivity contribution is 7.90. The zero-order valence-electron chi connectivity index (χ0n) is 14.8. The summed E-state index contributed by atoms with van der Waals surface area (Å²) >= 11 is 0. The van der Waals surface area contributed by atoms with Crippen LogP contribution in [0.2, 0.25) is 0 Å². The van der Waals surface area contributed by atoms with Crippen LogP contribution in [0.4, 0.5) is 5.69 Å². The lowest BCUT2D eigenvalue weighted by Gasteiger charge is -2.22. The molecule has 1 aliphatic carbocycles. The van der Waals surface area contributed by atoms with Gasteiger partial charge in [-0.15, -0.1) is 4.40 Å². The van der Waals surface area contributed by atoms with Crippen LogP contribution < -0.4 is 10.6 Å². The van der Waals surface area contributed by atoms with Crippen LogP contribution in [0.1, 0.15) is 48.0 Å². The van der Waals surface area contributed by atoms with Crippen LogP contribution in [-0.4, -0.2) is 26.2 Å². The molecule has 1 aliphatic heterocycles. The number of amidine groups is 1. The van der Waals surface area contributed by atoms with Gasteiger partial charge in [-0.2, -0.15) is 8.42 Å². The fraction of sp³-hybridized carbons (Fsp3) is 0.300. The maximum atomic E-state index is 12.4. The molecule has 7 heteroatoms. The van der Waals surface area contributed by atoms with E-state index in [9.17, 15) is 13.2 Å². The number of nitrogens with one attached hydrogen (secondary N) is 2. The smallest absolute Gasteiger partial charge is 0.285 e. The molecule has 1 amide bonds. The highest BCUT2D eigenvalue weighted by Gasteiger charge is 2.28. The fourth-order valence-corrected chi connectivity index (χ4v) is 4.73. The highest BCUT2D eigenvalue weighted by atomic mass is 32.2. The van der Waals surface area contributed by atoms with Gasteiger partial charge in [-0.25, -0.2) is 0 Å². The van der Waals surface area contributed by atoms with E-state index in [1.807, 2.05) is 0 Å². The first-order chi connectivity index (χ1) is 13.0. The monoisotopic (exact) mass is 383 g/mol. The summed E-state index contributed by atoms with van der Waals surface area (Å²) in [6.45, 7) is 0. The van der Waals surface area contributed by atoms with Crippen LogP contribution in [0.3, 0.4) is 0 Å². The Morgan fingerprint density at radius 3 is 2.41 bits per heavy atom. The van der Waals surface area contributed by atoms with Crippen molar-refractivity contribution < 1.29 is 13.2 Å². The second-order valence-corrected chi connectivity index (χ2v) is 8.49. The Balaban J connectivity index is 1.46. The third-order valence-electron chi connectivity index (χ3n) is 4.98. The van der Waals surface area contributed by atoms with Gasteiger partial charge in [0.25, 0.3) is 15.9 Å². The third kappa shape index (κ3) is 3.73. The van der Waals surface area contributed by atoms with E-state index < -0.39 is 10.0 Å². The quantitative estimate of drug-likeness (QED) is 0.851. The van der Waals surface area contributed by atoms with Crippen molar-refractivity contribution in [3.05, 3.63) is 59.7 Å². The van der Waals surface area contributed by atoms with Crippen LogP contribution in [0, 0.1) is 0 Å². The first-order valence-corrected chi connectivity index (χ1v) is 10.6. The van der Waals surface area contributed by atoms with E-state index >= 15 is 0 Å². The number of fused-ring (bicyclic) bond motifs is 1. The number of benzene rings is 2. The van der Waals surface area contributed by atoms with Crippen molar-refractivity contribution in [3.8, 4) is 0 Å². The maximum Gasteiger partial charge on any atom is 0.285 e. The normalized spacial score (nSPS) is 18.4. The Kier molecular flexibility index (Phi) is 4.70. The van der Waals surface area contributed by atoms with Crippen molar-refractivity contribution in [1.82, 2.24) is 5.32 Å². The molecule has 0 aromatic heterocycles. The zero-order chi connectivity index (χ0) is 18.9. The molecule has 2 N–H and O–H groups in total. The number of anilines is 1. The van der Waals surface area contributed by atoms with Crippen molar-refractivity contribution in [2.24, 2.45) is 4.40 Å². The summed E-state index contributed by atoms with van der Waals surface area (Å²) in [5.41, 5.74) is 1.82. The minimum Gasteiger partial charge on any atom is -0.349 e. The predicted octanol–water partition coefficient (Wildman–Crippen LogP) is 3.31. The van der Waals surface area contributed by atoms with Gasteiger partial charge in [0.05, 0.1) is 0 Å². The Labute approximate surface area is 158 Å². The number of carbonyl (C=O) groups is 1. The molecule has 0 radical (unpaired) electrons. The molecule has 0 saturated heterocycles. The van der Waals surface area contributed by atoms with E-state index in [1.165, 1.54) is 19.3 Å². The number of amides is 1. The summed E-state index contributed by atoms with van der Waals surface area (Å²) in [4.78, 5) is 12.6.